The molecular formula is C19H25NO3. The molecule has 23 heavy (non-hydrogen) atoms. The molecule has 4 nitrogen and oxygen atoms in total. The van der Waals surface area contributed by atoms with Crippen LogP contribution in [0.25, 0.3) is 0 Å². The first kappa shape index (κ1) is 16.2. The summed E-state index contributed by atoms with van der Waals surface area (Å²) in [6.07, 6.45) is 3.06. The molecule has 4 heteroatoms. The molecule has 1 saturated heterocycles. The highest BCUT2D eigenvalue weighted by Gasteiger charge is 2.47. The molecule has 1 aromatic rings. The van der Waals surface area contributed by atoms with E-state index in [1.807, 2.05) is 25.1 Å². The van der Waals surface area contributed by atoms with E-state index in [0.717, 1.165) is 25.9 Å². The number of nitrogens with zero attached hydrogens (tertiary/aromatic N) is 1. The maximum Gasteiger partial charge on any atom is 0.306 e. The Kier molecular flexibility index (Phi) is 5.11. The predicted octanol–water partition coefficient (Wildman–Crippen LogP) is 2.81. The second kappa shape index (κ2) is 7.26. The molecule has 124 valence electrons. The largest absolute Gasteiger partial charge is 0.466 e. The number of ketones is 1. The van der Waals surface area contributed by atoms with Crippen molar-refractivity contribution in [3.63, 3.8) is 0 Å². The minimum absolute atomic E-state index is 0.0110. The number of hydrogen-bond acceptors (Lipinski definition) is 4. The number of esters is 1. The summed E-state index contributed by atoms with van der Waals surface area (Å²) in [5.41, 5.74) is 1.26. The molecule has 1 aromatic carbocycles. The fourth-order valence-electron chi connectivity index (χ4n) is 4.21. The van der Waals surface area contributed by atoms with Crippen molar-refractivity contribution in [2.45, 2.75) is 45.2 Å². The van der Waals surface area contributed by atoms with Crippen LogP contribution in [-0.2, 0) is 20.9 Å². The van der Waals surface area contributed by atoms with Crippen LogP contribution >= 0.6 is 0 Å². The molecule has 0 radical (unpaired) electrons. The van der Waals surface area contributed by atoms with Gasteiger partial charge in [-0.25, -0.2) is 0 Å². The zero-order chi connectivity index (χ0) is 16.2. The van der Waals surface area contributed by atoms with Crippen molar-refractivity contribution in [2.75, 3.05) is 13.2 Å². The Balaban J connectivity index is 1.74. The molecule has 0 bridgehead atoms. The molecule has 1 aliphatic heterocycles. The summed E-state index contributed by atoms with van der Waals surface area (Å²) in [6, 6.07) is 10.6. The molecule has 0 amide bonds. The molecule has 1 heterocycles. The number of Topliss-reactive ketones (excluding diaryl/α,β-unsaturated/α-hetero) is 1. The first-order valence-electron chi connectivity index (χ1n) is 8.65. The minimum atomic E-state index is -0.170. The lowest BCUT2D eigenvalue weighted by atomic mass is 9.77. The van der Waals surface area contributed by atoms with E-state index in [4.69, 9.17) is 4.74 Å². The van der Waals surface area contributed by atoms with Gasteiger partial charge in [-0.3, -0.25) is 14.5 Å². The number of likely N-dealkylation sites (tertiary alicyclic amines) is 1. The van der Waals surface area contributed by atoms with Gasteiger partial charge in [-0.15, -0.1) is 0 Å². The molecule has 2 aliphatic rings. The van der Waals surface area contributed by atoms with Crippen molar-refractivity contribution in [1.82, 2.24) is 4.90 Å². The van der Waals surface area contributed by atoms with Gasteiger partial charge in [0.15, 0.2) is 0 Å². The number of hydrogen-bond donors (Lipinski definition) is 0. The average Bonchev–Trinajstić information content (AvgIpc) is 2.87. The minimum Gasteiger partial charge on any atom is -0.466 e. The number of rotatable bonds is 5. The van der Waals surface area contributed by atoms with Crippen molar-refractivity contribution in [3.05, 3.63) is 35.9 Å². The van der Waals surface area contributed by atoms with Gasteiger partial charge >= 0.3 is 5.97 Å². The normalized spacial score (nSPS) is 27.7. The molecular weight excluding hydrogens is 290 g/mol. The van der Waals surface area contributed by atoms with E-state index < -0.39 is 0 Å². The number of carbonyl (C=O) groups excluding carboxylic acids is 2. The number of ether oxygens (including phenoxy) is 1. The number of carbonyl (C=O) groups is 2. The summed E-state index contributed by atoms with van der Waals surface area (Å²) in [5, 5.41) is 0. The van der Waals surface area contributed by atoms with Gasteiger partial charge < -0.3 is 4.74 Å². The van der Waals surface area contributed by atoms with E-state index in [2.05, 4.69) is 17.0 Å². The molecule has 0 aromatic heterocycles. The quantitative estimate of drug-likeness (QED) is 0.784. The zero-order valence-electron chi connectivity index (χ0n) is 13.7. The van der Waals surface area contributed by atoms with E-state index in [1.165, 1.54) is 5.56 Å². The van der Waals surface area contributed by atoms with Gasteiger partial charge in [0.25, 0.3) is 0 Å². The van der Waals surface area contributed by atoms with Crippen LogP contribution in [0.15, 0.2) is 30.3 Å². The summed E-state index contributed by atoms with van der Waals surface area (Å²) in [4.78, 5) is 26.7. The van der Waals surface area contributed by atoms with E-state index in [1.54, 1.807) is 0 Å². The number of fused-ring (bicyclic) bond motifs is 1. The molecule has 0 N–H and O–H groups in total. The molecule has 1 aliphatic carbocycles. The van der Waals surface area contributed by atoms with E-state index >= 15 is 0 Å². The first-order valence-corrected chi connectivity index (χ1v) is 8.65. The monoisotopic (exact) mass is 315 g/mol. The van der Waals surface area contributed by atoms with Crippen molar-refractivity contribution in [3.8, 4) is 0 Å². The lowest BCUT2D eigenvalue weighted by Crippen LogP contribution is -2.39. The third-order valence-corrected chi connectivity index (χ3v) is 5.12. The van der Waals surface area contributed by atoms with E-state index in [0.29, 0.717) is 25.2 Å². The van der Waals surface area contributed by atoms with Gasteiger partial charge in [0.2, 0.25) is 0 Å². The lowest BCUT2D eigenvalue weighted by Gasteiger charge is -2.31. The summed E-state index contributed by atoms with van der Waals surface area (Å²) >= 11 is 0. The van der Waals surface area contributed by atoms with Gasteiger partial charge in [-0.05, 0) is 31.2 Å². The Morgan fingerprint density at radius 3 is 2.83 bits per heavy atom. The Bertz CT molecular complexity index is 557. The molecule has 1 saturated carbocycles. The Morgan fingerprint density at radius 1 is 1.30 bits per heavy atom. The first-order chi connectivity index (χ1) is 11.2. The van der Waals surface area contributed by atoms with Crippen LogP contribution in [0.5, 0.6) is 0 Å². The Morgan fingerprint density at radius 2 is 2.09 bits per heavy atom. The molecule has 3 rings (SSSR count). The highest BCUT2D eigenvalue weighted by atomic mass is 16.5. The standard InChI is InChI=1S/C19H25NO3/c1-2-23-18(22)11-15-13-20(12-14-7-4-3-5-8-14)16-9-6-10-17(21)19(15)16/h3-5,7-8,15-16,19H,2,6,9-13H2,1H3/t15-,16+,19+/m1/s1. The van der Waals surface area contributed by atoms with Crippen LogP contribution in [0.1, 0.15) is 38.2 Å². The highest BCUT2D eigenvalue weighted by molar-refractivity contribution is 5.84. The van der Waals surface area contributed by atoms with Crippen LogP contribution in [0.3, 0.4) is 0 Å². The lowest BCUT2D eigenvalue weighted by molar-refractivity contribution is -0.144. The number of benzene rings is 1. The Labute approximate surface area is 137 Å². The smallest absolute Gasteiger partial charge is 0.306 e. The third kappa shape index (κ3) is 3.63. The fraction of sp³-hybridized carbons (Fsp3) is 0.579. The maximum atomic E-state index is 12.4. The van der Waals surface area contributed by atoms with Gasteiger partial charge in [0, 0.05) is 31.5 Å². The summed E-state index contributed by atoms with van der Waals surface area (Å²) in [7, 11) is 0. The third-order valence-electron chi connectivity index (χ3n) is 5.12. The Hall–Kier alpha value is -1.68. The van der Waals surface area contributed by atoms with E-state index in [9.17, 15) is 9.59 Å². The summed E-state index contributed by atoms with van der Waals surface area (Å²) in [6.45, 7) is 3.90. The van der Waals surface area contributed by atoms with Gasteiger partial charge in [-0.2, -0.15) is 0 Å². The van der Waals surface area contributed by atoms with Crippen LogP contribution < -0.4 is 0 Å². The molecule has 3 atom stereocenters. The van der Waals surface area contributed by atoms with Crippen LogP contribution in [0, 0.1) is 11.8 Å². The van der Waals surface area contributed by atoms with Gasteiger partial charge in [-0.1, -0.05) is 30.3 Å². The topological polar surface area (TPSA) is 46.6 Å². The zero-order valence-corrected chi connectivity index (χ0v) is 13.7. The van der Waals surface area contributed by atoms with Crippen molar-refractivity contribution < 1.29 is 14.3 Å². The second-order valence-electron chi connectivity index (χ2n) is 6.64. The second-order valence-corrected chi connectivity index (χ2v) is 6.64. The van der Waals surface area contributed by atoms with Gasteiger partial charge in [0.05, 0.1) is 13.0 Å². The summed E-state index contributed by atoms with van der Waals surface area (Å²) in [5.74, 6) is 0.287. The molecule has 0 unspecified atom stereocenters. The van der Waals surface area contributed by atoms with Crippen LogP contribution in [0.2, 0.25) is 0 Å². The SMILES string of the molecule is CCOC(=O)C[C@@H]1CN(Cc2ccccc2)[C@H]2CCCC(=O)[C@@H]12. The van der Waals surface area contributed by atoms with E-state index in [-0.39, 0.29) is 23.8 Å². The molecule has 0 spiro atoms. The highest BCUT2D eigenvalue weighted by Crippen LogP contribution is 2.40. The summed E-state index contributed by atoms with van der Waals surface area (Å²) < 4.78 is 5.10. The van der Waals surface area contributed by atoms with Crippen LogP contribution in [-0.4, -0.2) is 35.8 Å². The average molecular weight is 315 g/mol. The fourth-order valence-corrected chi connectivity index (χ4v) is 4.21. The van der Waals surface area contributed by atoms with Gasteiger partial charge in [0.1, 0.15) is 5.78 Å². The van der Waals surface area contributed by atoms with Crippen molar-refractivity contribution in [1.29, 1.82) is 0 Å². The van der Waals surface area contributed by atoms with Crippen LogP contribution in [0.4, 0.5) is 0 Å². The van der Waals surface area contributed by atoms with Crippen molar-refractivity contribution in [2.24, 2.45) is 11.8 Å². The molecule has 2 fully saturated rings. The van der Waals surface area contributed by atoms with Crippen molar-refractivity contribution >= 4 is 11.8 Å². The maximum absolute atomic E-state index is 12.4. The predicted molar refractivity (Wildman–Crippen MR) is 87.7 cm³/mol.